The Bertz CT molecular complexity index is 726. The lowest BCUT2D eigenvalue weighted by Gasteiger charge is -2.05. The van der Waals surface area contributed by atoms with E-state index in [9.17, 15) is 0 Å². The van der Waals surface area contributed by atoms with Crippen molar-refractivity contribution in [3.8, 4) is 11.3 Å². The van der Waals surface area contributed by atoms with E-state index in [1.165, 1.54) is 16.6 Å². The number of anilines is 1. The van der Waals surface area contributed by atoms with Crippen LogP contribution in [0.5, 0.6) is 0 Å². The van der Waals surface area contributed by atoms with E-state index in [1.54, 1.807) is 6.20 Å². The highest BCUT2D eigenvalue weighted by Gasteiger charge is 2.15. The zero-order chi connectivity index (χ0) is 12.7. The molecule has 18 heavy (non-hydrogen) atoms. The summed E-state index contributed by atoms with van der Waals surface area (Å²) in [5.74, 6) is 0. The van der Waals surface area contributed by atoms with Gasteiger partial charge in [-0.15, -0.1) is 0 Å². The Morgan fingerprint density at radius 1 is 1.11 bits per heavy atom. The van der Waals surface area contributed by atoms with Gasteiger partial charge in [-0.05, 0) is 25.1 Å². The molecule has 2 heterocycles. The molecule has 0 bridgehead atoms. The van der Waals surface area contributed by atoms with Crippen LogP contribution in [-0.4, -0.2) is 9.55 Å². The minimum atomic E-state index is 0.719. The molecule has 0 radical (unpaired) electrons. The molecule has 0 atom stereocenters. The summed E-state index contributed by atoms with van der Waals surface area (Å²) in [6.07, 6.45) is 1.78. The minimum absolute atomic E-state index is 0.719. The van der Waals surface area contributed by atoms with E-state index in [-0.39, 0.29) is 0 Å². The fraction of sp³-hybridized carbons (Fsp3) is 0.133. The molecule has 0 saturated carbocycles. The number of pyridine rings is 1. The molecule has 0 aliphatic heterocycles. The molecule has 0 aliphatic carbocycles. The van der Waals surface area contributed by atoms with Crippen LogP contribution < -0.4 is 5.73 Å². The van der Waals surface area contributed by atoms with E-state index in [4.69, 9.17) is 5.73 Å². The molecule has 0 spiro atoms. The predicted octanol–water partition coefficient (Wildman–Crippen LogP) is 3.13. The number of aryl methyl sites for hydroxylation is 1. The molecule has 90 valence electrons. The Balaban J connectivity index is 2.43. The molecular formula is C15H15N3. The summed E-state index contributed by atoms with van der Waals surface area (Å²) in [4.78, 5) is 4.43. The maximum atomic E-state index is 6.05. The number of hydrogen-bond donors (Lipinski definition) is 1. The van der Waals surface area contributed by atoms with Gasteiger partial charge in [0.1, 0.15) is 0 Å². The van der Waals surface area contributed by atoms with Gasteiger partial charge in [0, 0.05) is 35.4 Å². The van der Waals surface area contributed by atoms with Gasteiger partial charge in [-0.3, -0.25) is 4.98 Å². The van der Waals surface area contributed by atoms with Gasteiger partial charge in [0.15, 0.2) is 0 Å². The van der Waals surface area contributed by atoms with Gasteiger partial charge in [-0.2, -0.15) is 0 Å². The van der Waals surface area contributed by atoms with Crippen LogP contribution in [0, 0.1) is 6.92 Å². The van der Waals surface area contributed by atoms with Crippen LogP contribution in [0.3, 0.4) is 0 Å². The zero-order valence-electron chi connectivity index (χ0n) is 10.5. The molecule has 3 aromatic rings. The molecule has 3 nitrogen and oxygen atoms in total. The molecule has 2 aromatic heterocycles. The van der Waals surface area contributed by atoms with Crippen LogP contribution in [-0.2, 0) is 7.05 Å². The Labute approximate surface area is 106 Å². The maximum absolute atomic E-state index is 6.05. The fourth-order valence-corrected chi connectivity index (χ4v) is 2.45. The molecule has 3 rings (SSSR count). The summed E-state index contributed by atoms with van der Waals surface area (Å²) in [5.41, 5.74) is 11.2. The highest BCUT2D eigenvalue weighted by Crippen LogP contribution is 2.35. The lowest BCUT2D eigenvalue weighted by molar-refractivity contribution is 0.919. The van der Waals surface area contributed by atoms with Gasteiger partial charge in [-0.1, -0.05) is 18.2 Å². The van der Waals surface area contributed by atoms with Gasteiger partial charge in [0.05, 0.1) is 11.4 Å². The Kier molecular flexibility index (Phi) is 2.33. The van der Waals surface area contributed by atoms with Crippen LogP contribution in [0.25, 0.3) is 22.2 Å². The molecule has 0 aliphatic rings. The standard InChI is InChI=1S/C15H15N3/c1-10-14(15-12(16)7-5-9-17-15)11-6-3-4-8-13(11)18(10)2/h3-9H,16H2,1-2H3. The van der Waals surface area contributed by atoms with Crippen LogP contribution in [0.4, 0.5) is 5.69 Å². The molecule has 1 aromatic carbocycles. The number of aromatic nitrogens is 2. The average molecular weight is 237 g/mol. The Morgan fingerprint density at radius 2 is 1.89 bits per heavy atom. The first kappa shape index (κ1) is 10.8. The summed E-state index contributed by atoms with van der Waals surface area (Å²) in [6, 6.07) is 12.1. The van der Waals surface area contributed by atoms with Crippen molar-refractivity contribution in [1.29, 1.82) is 0 Å². The van der Waals surface area contributed by atoms with Crippen molar-refractivity contribution in [2.45, 2.75) is 6.92 Å². The Hall–Kier alpha value is -2.29. The quantitative estimate of drug-likeness (QED) is 0.706. The number of nitrogen functional groups attached to an aromatic ring is 1. The van der Waals surface area contributed by atoms with Crippen LogP contribution in [0.2, 0.25) is 0 Å². The van der Waals surface area contributed by atoms with E-state index < -0.39 is 0 Å². The van der Waals surface area contributed by atoms with E-state index in [0.29, 0.717) is 0 Å². The summed E-state index contributed by atoms with van der Waals surface area (Å²) in [5, 5.41) is 1.20. The lowest BCUT2D eigenvalue weighted by Crippen LogP contribution is -1.95. The number of rotatable bonds is 1. The number of para-hydroxylation sites is 1. The smallest absolute Gasteiger partial charge is 0.0955 e. The first-order valence-corrected chi connectivity index (χ1v) is 5.95. The summed E-state index contributed by atoms with van der Waals surface area (Å²) < 4.78 is 2.18. The summed E-state index contributed by atoms with van der Waals surface area (Å²) in [7, 11) is 2.07. The van der Waals surface area contributed by atoms with E-state index in [0.717, 1.165) is 16.9 Å². The number of benzene rings is 1. The fourth-order valence-electron chi connectivity index (χ4n) is 2.45. The SMILES string of the molecule is Cc1c(-c2ncccc2N)c2ccccc2n1C. The van der Waals surface area contributed by atoms with Crippen molar-refractivity contribution in [2.24, 2.45) is 7.05 Å². The molecule has 0 amide bonds. The molecule has 0 saturated heterocycles. The third kappa shape index (κ3) is 1.40. The van der Waals surface area contributed by atoms with Crippen LogP contribution >= 0.6 is 0 Å². The lowest BCUT2D eigenvalue weighted by atomic mass is 10.1. The van der Waals surface area contributed by atoms with Crippen molar-refractivity contribution >= 4 is 16.6 Å². The van der Waals surface area contributed by atoms with Gasteiger partial charge in [-0.25, -0.2) is 0 Å². The third-order valence-corrected chi connectivity index (χ3v) is 3.48. The predicted molar refractivity (Wildman–Crippen MR) is 75.3 cm³/mol. The molecule has 0 fully saturated rings. The second-order valence-corrected chi connectivity index (χ2v) is 4.48. The minimum Gasteiger partial charge on any atom is -0.397 e. The normalized spacial score (nSPS) is 11.0. The van der Waals surface area contributed by atoms with Gasteiger partial charge < -0.3 is 10.3 Å². The monoisotopic (exact) mass is 237 g/mol. The summed E-state index contributed by atoms with van der Waals surface area (Å²) >= 11 is 0. The van der Waals surface area contributed by atoms with Gasteiger partial charge >= 0.3 is 0 Å². The van der Waals surface area contributed by atoms with Crippen molar-refractivity contribution < 1.29 is 0 Å². The number of nitrogens with zero attached hydrogens (tertiary/aromatic N) is 2. The second-order valence-electron chi connectivity index (χ2n) is 4.48. The topological polar surface area (TPSA) is 43.8 Å². The van der Waals surface area contributed by atoms with Crippen molar-refractivity contribution in [2.75, 3.05) is 5.73 Å². The van der Waals surface area contributed by atoms with Crippen LogP contribution in [0.1, 0.15) is 5.69 Å². The third-order valence-electron chi connectivity index (χ3n) is 3.48. The molecular weight excluding hydrogens is 222 g/mol. The highest BCUT2D eigenvalue weighted by molar-refractivity contribution is 5.99. The maximum Gasteiger partial charge on any atom is 0.0955 e. The molecule has 3 heteroatoms. The summed E-state index contributed by atoms with van der Waals surface area (Å²) in [6.45, 7) is 2.10. The molecule has 0 unspecified atom stereocenters. The van der Waals surface area contributed by atoms with E-state index >= 15 is 0 Å². The van der Waals surface area contributed by atoms with E-state index in [2.05, 4.69) is 35.7 Å². The number of fused-ring (bicyclic) bond motifs is 1. The Morgan fingerprint density at radius 3 is 2.67 bits per heavy atom. The largest absolute Gasteiger partial charge is 0.397 e. The van der Waals surface area contributed by atoms with Gasteiger partial charge in [0.2, 0.25) is 0 Å². The number of nitrogens with two attached hydrogens (primary N) is 1. The number of hydrogen-bond acceptors (Lipinski definition) is 2. The van der Waals surface area contributed by atoms with Crippen molar-refractivity contribution in [1.82, 2.24) is 9.55 Å². The van der Waals surface area contributed by atoms with Gasteiger partial charge in [0.25, 0.3) is 0 Å². The van der Waals surface area contributed by atoms with Crippen LogP contribution in [0.15, 0.2) is 42.6 Å². The highest BCUT2D eigenvalue weighted by atomic mass is 14.9. The average Bonchev–Trinajstić information content (AvgIpc) is 2.64. The first-order chi connectivity index (χ1) is 8.70. The second kappa shape index (κ2) is 3.88. The van der Waals surface area contributed by atoms with E-state index in [1.807, 2.05) is 24.3 Å². The molecule has 2 N–H and O–H groups in total. The van der Waals surface area contributed by atoms with Crippen molar-refractivity contribution in [3.63, 3.8) is 0 Å². The first-order valence-electron chi connectivity index (χ1n) is 5.95. The zero-order valence-corrected chi connectivity index (χ0v) is 10.5. The van der Waals surface area contributed by atoms with Crippen molar-refractivity contribution in [3.05, 3.63) is 48.3 Å².